The van der Waals surface area contributed by atoms with Crippen LogP contribution in [0.15, 0.2) is 67.1 Å². The van der Waals surface area contributed by atoms with Crippen LogP contribution in [0.5, 0.6) is 0 Å². The Balaban J connectivity index is 1.42. The molecule has 214 valence electrons. The van der Waals surface area contributed by atoms with Crippen LogP contribution in [0.4, 0.5) is 16.3 Å². The van der Waals surface area contributed by atoms with Crippen molar-refractivity contribution < 1.29 is 9.59 Å². The van der Waals surface area contributed by atoms with Gasteiger partial charge >= 0.3 is 6.03 Å². The molecule has 2 aromatic carbocycles. The SMILES string of the molecule is Cc1ccc(-n2nc(C(C)(C)C)cc2NC(=O)Nc2ccccc2C(C(=O)Cc2cnc[nH]2)C2CCNCC2)cc1. The van der Waals surface area contributed by atoms with E-state index in [1.165, 1.54) is 0 Å². The number of carbonyl (C=O) groups excluding carboxylic acids is 2. The standard InChI is InChI=1S/C32H39N7O2/c1-21-9-11-24(12-10-21)39-29(18-28(38-39)32(2,3)4)37-31(41)36-26-8-6-5-7-25(26)30(22-13-15-33-16-14-22)27(40)17-23-19-34-20-35-23/h5-12,18-20,22,30,33H,13-17H2,1-4H3,(H,34,35)(H2,36,37,41). The second-order valence-electron chi connectivity index (χ2n) is 11.9. The van der Waals surface area contributed by atoms with E-state index < -0.39 is 6.03 Å². The number of ketones is 1. The van der Waals surface area contributed by atoms with E-state index in [1.807, 2.05) is 61.5 Å². The van der Waals surface area contributed by atoms with Gasteiger partial charge in [0.15, 0.2) is 0 Å². The molecule has 5 rings (SSSR count). The van der Waals surface area contributed by atoms with E-state index in [2.05, 4.69) is 46.7 Å². The first kappa shape index (κ1) is 28.3. The number of aryl methyl sites for hydroxylation is 1. The second kappa shape index (κ2) is 12.1. The van der Waals surface area contributed by atoms with Crippen molar-refractivity contribution in [2.75, 3.05) is 23.7 Å². The van der Waals surface area contributed by atoms with Crippen molar-refractivity contribution in [3.8, 4) is 5.69 Å². The molecular weight excluding hydrogens is 514 g/mol. The highest BCUT2D eigenvalue weighted by molar-refractivity contribution is 6.01. The van der Waals surface area contributed by atoms with Crippen molar-refractivity contribution in [3.63, 3.8) is 0 Å². The van der Waals surface area contributed by atoms with Gasteiger partial charge in [-0.25, -0.2) is 14.5 Å². The first-order valence-electron chi connectivity index (χ1n) is 14.2. The topological polar surface area (TPSA) is 117 Å². The van der Waals surface area contributed by atoms with Crippen molar-refractivity contribution in [3.05, 3.63) is 89.6 Å². The number of nitrogens with zero attached hydrogens (tertiary/aromatic N) is 3. The molecule has 0 saturated carbocycles. The van der Waals surface area contributed by atoms with Crippen molar-refractivity contribution in [1.29, 1.82) is 0 Å². The third-order valence-corrected chi connectivity index (χ3v) is 7.66. The quantitative estimate of drug-likeness (QED) is 0.222. The van der Waals surface area contributed by atoms with Crippen LogP contribution in [0.2, 0.25) is 0 Å². The van der Waals surface area contributed by atoms with Gasteiger partial charge in [0, 0.05) is 41.4 Å². The zero-order valence-electron chi connectivity index (χ0n) is 24.2. The predicted octanol–water partition coefficient (Wildman–Crippen LogP) is 5.74. The summed E-state index contributed by atoms with van der Waals surface area (Å²) in [4.78, 5) is 34.4. The minimum absolute atomic E-state index is 0.114. The number of benzene rings is 2. The van der Waals surface area contributed by atoms with Crippen LogP contribution < -0.4 is 16.0 Å². The highest BCUT2D eigenvalue weighted by Crippen LogP contribution is 2.37. The first-order chi connectivity index (χ1) is 19.7. The molecule has 2 amide bonds. The highest BCUT2D eigenvalue weighted by atomic mass is 16.2. The van der Waals surface area contributed by atoms with Gasteiger partial charge in [-0.05, 0) is 62.5 Å². The Kier molecular flexibility index (Phi) is 8.35. The van der Waals surface area contributed by atoms with Gasteiger partial charge in [0.05, 0.1) is 17.7 Å². The van der Waals surface area contributed by atoms with E-state index in [-0.39, 0.29) is 29.5 Å². The molecule has 0 aliphatic carbocycles. The Morgan fingerprint density at radius 1 is 1.05 bits per heavy atom. The molecule has 0 bridgehead atoms. The first-order valence-corrected chi connectivity index (χ1v) is 14.2. The zero-order chi connectivity index (χ0) is 29.0. The number of hydrogen-bond acceptors (Lipinski definition) is 5. The number of nitrogens with one attached hydrogen (secondary N) is 4. The Bertz CT molecular complexity index is 1480. The molecule has 1 aliphatic heterocycles. The van der Waals surface area contributed by atoms with Crippen LogP contribution >= 0.6 is 0 Å². The van der Waals surface area contributed by atoms with Gasteiger partial charge < -0.3 is 15.6 Å². The predicted molar refractivity (Wildman–Crippen MR) is 162 cm³/mol. The lowest BCUT2D eigenvalue weighted by Crippen LogP contribution is -2.34. The van der Waals surface area contributed by atoms with Gasteiger partial charge in [0.25, 0.3) is 0 Å². The molecule has 1 unspecified atom stereocenters. The fraction of sp³-hybridized carbons (Fsp3) is 0.375. The molecule has 3 heterocycles. The van der Waals surface area contributed by atoms with Gasteiger partial charge in [-0.15, -0.1) is 0 Å². The summed E-state index contributed by atoms with van der Waals surface area (Å²) < 4.78 is 1.76. The van der Waals surface area contributed by atoms with Crippen molar-refractivity contribution in [1.82, 2.24) is 25.1 Å². The molecule has 0 spiro atoms. The summed E-state index contributed by atoms with van der Waals surface area (Å²) in [6, 6.07) is 17.2. The molecule has 1 saturated heterocycles. The van der Waals surface area contributed by atoms with E-state index in [1.54, 1.807) is 17.2 Å². The number of carbonyl (C=O) groups is 2. The monoisotopic (exact) mass is 553 g/mol. The number of imidazole rings is 1. The number of Topliss-reactive ketones (excluding diaryl/α,β-unsaturated/α-hetero) is 1. The number of H-pyrrole nitrogens is 1. The number of piperidine rings is 1. The van der Waals surface area contributed by atoms with Crippen LogP contribution in [0.3, 0.4) is 0 Å². The number of amides is 2. The van der Waals surface area contributed by atoms with E-state index in [0.29, 0.717) is 11.5 Å². The smallest absolute Gasteiger partial charge is 0.324 e. The summed E-state index contributed by atoms with van der Waals surface area (Å²) in [5.41, 5.74) is 4.92. The third-order valence-electron chi connectivity index (χ3n) is 7.66. The normalized spacial score (nSPS) is 14.9. The van der Waals surface area contributed by atoms with E-state index in [0.717, 1.165) is 54.1 Å². The number of para-hydroxylation sites is 1. The number of rotatable bonds is 8. The molecule has 9 nitrogen and oxygen atoms in total. The number of aromatic amines is 1. The zero-order valence-corrected chi connectivity index (χ0v) is 24.2. The van der Waals surface area contributed by atoms with Gasteiger partial charge in [-0.2, -0.15) is 5.10 Å². The van der Waals surface area contributed by atoms with Crippen LogP contribution in [0.25, 0.3) is 5.69 Å². The molecule has 1 aliphatic rings. The van der Waals surface area contributed by atoms with Gasteiger partial charge in [-0.1, -0.05) is 56.7 Å². The van der Waals surface area contributed by atoms with Gasteiger partial charge in [0.1, 0.15) is 11.6 Å². The maximum absolute atomic E-state index is 13.8. The van der Waals surface area contributed by atoms with Gasteiger partial charge in [-0.3, -0.25) is 10.1 Å². The Labute approximate surface area is 241 Å². The van der Waals surface area contributed by atoms with Gasteiger partial charge in [0.2, 0.25) is 0 Å². The largest absolute Gasteiger partial charge is 0.348 e. The fourth-order valence-corrected chi connectivity index (χ4v) is 5.42. The molecule has 1 fully saturated rings. The number of urea groups is 1. The molecule has 2 aromatic heterocycles. The molecule has 4 aromatic rings. The van der Waals surface area contributed by atoms with Crippen LogP contribution in [0.1, 0.15) is 62.0 Å². The van der Waals surface area contributed by atoms with Crippen LogP contribution in [0, 0.1) is 12.8 Å². The van der Waals surface area contributed by atoms with Crippen molar-refractivity contribution >= 4 is 23.3 Å². The third kappa shape index (κ3) is 6.74. The summed E-state index contributed by atoms with van der Waals surface area (Å²) in [7, 11) is 0. The second-order valence-corrected chi connectivity index (χ2v) is 11.9. The van der Waals surface area contributed by atoms with Crippen molar-refractivity contribution in [2.24, 2.45) is 5.92 Å². The Hall–Kier alpha value is -4.24. The summed E-state index contributed by atoms with van der Waals surface area (Å²) in [6.45, 7) is 10.1. The van der Waals surface area contributed by atoms with Crippen molar-refractivity contribution in [2.45, 2.75) is 58.3 Å². The molecular formula is C32H39N7O2. The lowest BCUT2D eigenvalue weighted by atomic mass is 9.76. The molecule has 0 radical (unpaired) electrons. The van der Waals surface area contributed by atoms with Crippen LogP contribution in [-0.4, -0.2) is 44.7 Å². The Morgan fingerprint density at radius 3 is 2.46 bits per heavy atom. The van der Waals surface area contributed by atoms with E-state index >= 15 is 0 Å². The maximum Gasteiger partial charge on any atom is 0.324 e. The summed E-state index contributed by atoms with van der Waals surface area (Å²) in [5, 5.41) is 14.3. The highest BCUT2D eigenvalue weighted by Gasteiger charge is 2.33. The summed E-state index contributed by atoms with van der Waals surface area (Å²) in [5.74, 6) is 0.513. The number of anilines is 2. The average molecular weight is 554 g/mol. The number of hydrogen-bond donors (Lipinski definition) is 4. The van der Waals surface area contributed by atoms with Crippen LogP contribution in [-0.2, 0) is 16.6 Å². The molecule has 4 N–H and O–H groups in total. The molecule has 1 atom stereocenters. The lowest BCUT2D eigenvalue weighted by Gasteiger charge is -2.31. The Morgan fingerprint density at radius 2 is 1.78 bits per heavy atom. The van der Waals surface area contributed by atoms with E-state index in [9.17, 15) is 9.59 Å². The lowest BCUT2D eigenvalue weighted by molar-refractivity contribution is -0.121. The van der Waals surface area contributed by atoms with E-state index in [4.69, 9.17) is 5.10 Å². The maximum atomic E-state index is 13.8. The average Bonchev–Trinajstić information content (AvgIpc) is 3.61. The minimum Gasteiger partial charge on any atom is -0.348 e. The molecule has 41 heavy (non-hydrogen) atoms. The minimum atomic E-state index is -0.392. The molecule has 9 heteroatoms. The number of aromatic nitrogens is 4. The fourth-order valence-electron chi connectivity index (χ4n) is 5.42. The summed E-state index contributed by atoms with van der Waals surface area (Å²) in [6.07, 6.45) is 5.34. The summed E-state index contributed by atoms with van der Waals surface area (Å²) >= 11 is 0.